The quantitative estimate of drug-likeness (QED) is 0.624. The second kappa shape index (κ2) is 4.00. The summed E-state index contributed by atoms with van der Waals surface area (Å²) in [6, 6.07) is 10.7. The van der Waals surface area contributed by atoms with Gasteiger partial charge in [0.2, 0.25) is 0 Å². The highest BCUT2D eigenvalue weighted by Crippen LogP contribution is 2.46. The summed E-state index contributed by atoms with van der Waals surface area (Å²) in [5.74, 6) is 0. The van der Waals surface area contributed by atoms with Gasteiger partial charge in [-0.05, 0) is 36.7 Å². The zero-order valence-corrected chi connectivity index (χ0v) is 8.87. The molecule has 0 N–H and O–H groups in total. The van der Waals surface area contributed by atoms with E-state index in [4.69, 9.17) is 0 Å². The van der Waals surface area contributed by atoms with Gasteiger partial charge in [0.15, 0.2) is 0 Å². The largest absolute Gasteiger partial charge is 0.0877 e. The van der Waals surface area contributed by atoms with Crippen LogP contribution >= 0.6 is 0 Å². The SMILES string of the molecule is CC1(/C=C\CCc2ccccc2)CC1. The number of benzene rings is 1. The van der Waals surface area contributed by atoms with Crippen molar-refractivity contribution in [2.24, 2.45) is 5.41 Å². The topological polar surface area (TPSA) is 0 Å². The van der Waals surface area contributed by atoms with E-state index in [0.717, 1.165) is 0 Å². The van der Waals surface area contributed by atoms with Gasteiger partial charge in [0, 0.05) is 0 Å². The molecule has 1 aromatic rings. The molecule has 1 aliphatic carbocycles. The minimum atomic E-state index is 0.566. The number of aryl methyl sites for hydroxylation is 1. The van der Waals surface area contributed by atoms with Crippen molar-refractivity contribution in [2.75, 3.05) is 0 Å². The first-order chi connectivity index (χ1) is 6.79. The Balaban J connectivity index is 1.75. The van der Waals surface area contributed by atoms with Gasteiger partial charge in [0.25, 0.3) is 0 Å². The molecule has 0 amide bonds. The molecule has 0 aliphatic heterocycles. The van der Waals surface area contributed by atoms with Crippen LogP contribution in [0, 0.1) is 5.41 Å². The first-order valence-electron chi connectivity index (χ1n) is 5.50. The minimum absolute atomic E-state index is 0.566. The molecule has 1 saturated carbocycles. The lowest BCUT2D eigenvalue weighted by Gasteiger charge is -1.99. The Bertz CT molecular complexity index is 304. The number of hydrogen-bond donors (Lipinski definition) is 0. The van der Waals surface area contributed by atoms with E-state index in [1.807, 2.05) is 0 Å². The molecule has 0 aromatic heterocycles. The predicted octanol–water partition coefficient (Wildman–Crippen LogP) is 3.98. The summed E-state index contributed by atoms with van der Waals surface area (Å²) in [6.07, 6.45) is 9.87. The van der Waals surface area contributed by atoms with Crippen LogP contribution in [0.3, 0.4) is 0 Å². The van der Waals surface area contributed by atoms with Crippen molar-refractivity contribution >= 4 is 0 Å². The van der Waals surface area contributed by atoms with Crippen molar-refractivity contribution in [1.29, 1.82) is 0 Å². The fraction of sp³-hybridized carbons (Fsp3) is 0.429. The Morgan fingerprint density at radius 1 is 1.21 bits per heavy atom. The van der Waals surface area contributed by atoms with Crippen LogP contribution in [0.5, 0.6) is 0 Å². The Labute approximate surface area is 86.7 Å². The molecule has 0 unspecified atom stereocenters. The van der Waals surface area contributed by atoms with Crippen LogP contribution in [-0.2, 0) is 6.42 Å². The lowest BCUT2D eigenvalue weighted by molar-refractivity contribution is 0.741. The molecule has 0 bridgehead atoms. The Hall–Kier alpha value is -1.04. The second-order valence-corrected chi connectivity index (χ2v) is 4.58. The molecule has 0 nitrogen and oxygen atoms in total. The average Bonchev–Trinajstić information content (AvgIpc) is 2.94. The third-order valence-corrected chi connectivity index (χ3v) is 3.00. The van der Waals surface area contributed by atoms with Crippen LogP contribution in [0.4, 0.5) is 0 Å². The molecule has 0 radical (unpaired) electrons. The van der Waals surface area contributed by atoms with Crippen molar-refractivity contribution < 1.29 is 0 Å². The van der Waals surface area contributed by atoms with Crippen molar-refractivity contribution in [2.45, 2.75) is 32.6 Å². The Morgan fingerprint density at radius 3 is 2.57 bits per heavy atom. The highest BCUT2D eigenvalue weighted by Gasteiger charge is 2.33. The van der Waals surface area contributed by atoms with E-state index in [9.17, 15) is 0 Å². The fourth-order valence-corrected chi connectivity index (χ4v) is 1.63. The van der Waals surface area contributed by atoms with Gasteiger partial charge < -0.3 is 0 Å². The van der Waals surface area contributed by atoms with Crippen molar-refractivity contribution in [3.8, 4) is 0 Å². The first kappa shape index (κ1) is 9.51. The molecule has 1 aromatic carbocycles. The predicted molar refractivity (Wildman–Crippen MR) is 61.2 cm³/mol. The van der Waals surface area contributed by atoms with E-state index >= 15 is 0 Å². The van der Waals surface area contributed by atoms with Crippen LogP contribution in [0.15, 0.2) is 42.5 Å². The molecule has 74 valence electrons. The molecule has 0 heteroatoms. The minimum Gasteiger partial charge on any atom is -0.0877 e. The summed E-state index contributed by atoms with van der Waals surface area (Å²) < 4.78 is 0. The second-order valence-electron chi connectivity index (χ2n) is 4.58. The Morgan fingerprint density at radius 2 is 1.93 bits per heavy atom. The molecule has 0 saturated heterocycles. The molecule has 0 atom stereocenters. The van der Waals surface area contributed by atoms with Gasteiger partial charge in [-0.2, -0.15) is 0 Å². The summed E-state index contributed by atoms with van der Waals surface area (Å²) in [5, 5.41) is 0. The van der Waals surface area contributed by atoms with Gasteiger partial charge >= 0.3 is 0 Å². The lowest BCUT2D eigenvalue weighted by atomic mass is 10.1. The molecular formula is C14H18. The highest BCUT2D eigenvalue weighted by atomic mass is 14.4. The molecule has 1 fully saturated rings. The average molecular weight is 186 g/mol. The van der Waals surface area contributed by atoms with E-state index in [2.05, 4.69) is 49.4 Å². The zero-order valence-electron chi connectivity index (χ0n) is 8.87. The van der Waals surface area contributed by atoms with Crippen LogP contribution in [-0.4, -0.2) is 0 Å². The van der Waals surface area contributed by atoms with Crippen LogP contribution in [0.2, 0.25) is 0 Å². The van der Waals surface area contributed by atoms with E-state index in [1.54, 1.807) is 0 Å². The molecule has 1 aliphatic rings. The van der Waals surface area contributed by atoms with Crippen molar-refractivity contribution in [3.63, 3.8) is 0 Å². The number of rotatable bonds is 4. The van der Waals surface area contributed by atoms with Gasteiger partial charge in [-0.25, -0.2) is 0 Å². The summed E-state index contributed by atoms with van der Waals surface area (Å²) in [6.45, 7) is 2.34. The first-order valence-corrected chi connectivity index (χ1v) is 5.50. The van der Waals surface area contributed by atoms with Gasteiger partial charge in [0.1, 0.15) is 0 Å². The summed E-state index contributed by atoms with van der Waals surface area (Å²) >= 11 is 0. The maximum absolute atomic E-state index is 2.40. The van der Waals surface area contributed by atoms with Crippen molar-refractivity contribution in [3.05, 3.63) is 48.0 Å². The highest BCUT2D eigenvalue weighted by molar-refractivity contribution is 5.15. The molecule has 0 heterocycles. The molecular weight excluding hydrogens is 168 g/mol. The van der Waals surface area contributed by atoms with Crippen LogP contribution < -0.4 is 0 Å². The molecule has 14 heavy (non-hydrogen) atoms. The van der Waals surface area contributed by atoms with E-state index in [-0.39, 0.29) is 0 Å². The van der Waals surface area contributed by atoms with Gasteiger partial charge in [-0.3, -0.25) is 0 Å². The van der Waals surface area contributed by atoms with Gasteiger partial charge in [-0.1, -0.05) is 49.4 Å². The van der Waals surface area contributed by atoms with E-state index in [0.29, 0.717) is 5.41 Å². The monoisotopic (exact) mass is 186 g/mol. The van der Waals surface area contributed by atoms with E-state index < -0.39 is 0 Å². The van der Waals surface area contributed by atoms with Gasteiger partial charge in [-0.15, -0.1) is 0 Å². The zero-order chi connectivity index (χ0) is 9.86. The maximum Gasteiger partial charge on any atom is -0.0146 e. The normalized spacial score (nSPS) is 18.6. The lowest BCUT2D eigenvalue weighted by Crippen LogP contribution is -1.85. The summed E-state index contributed by atoms with van der Waals surface area (Å²) in [5.41, 5.74) is 2.01. The van der Waals surface area contributed by atoms with Crippen LogP contribution in [0.25, 0.3) is 0 Å². The van der Waals surface area contributed by atoms with Crippen LogP contribution in [0.1, 0.15) is 31.7 Å². The van der Waals surface area contributed by atoms with Gasteiger partial charge in [0.05, 0.1) is 0 Å². The molecule has 0 spiro atoms. The van der Waals surface area contributed by atoms with Crippen molar-refractivity contribution in [1.82, 2.24) is 0 Å². The number of allylic oxidation sites excluding steroid dienone is 2. The smallest absolute Gasteiger partial charge is 0.0146 e. The standard InChI is InChI=1S/C14H18/c1-14(11-12-14)10-6-5-9-13-7-3-2-4-8-13/h2-4,6-8,10H,5,9,11-12H2,1H3/b10-6-. The third kappa shape index (κ3) is 2.73. The molecule has 2 rings (SSSR count). The Kier molecular flexibility index (Phi) is 2.72. The number of hydrogen-bond acceptors (Lipinski definition) is 0. The summed E-state index contributed by atoms with van der Waals surface area (Å²) in [7, 11) is 0. The van der Waals surface area contributed by atoms with E-state index in [1.165, 1.54) is 31.2 Å². The summed E-state index contributed by atoms with van der Waals surface area (Å²) in [4.78, 5) is 0. The third-order valence-electron chi connectivity index (χ3n) is 3.00. The fourth-order valence-electron chi connectivity index (χ4n) is 1.63. The maximum atomic E-state index is 2.40.